The third kappa shape index (κ3) is 6.43. The fourth-order valence-corrected chi connectivity index (χ4v) is 10.8. The molecule has 0 atom stereocenters. The molecule has 0 radical (unpaired) electrons. The van der Waals surface area contributed by atoms with E-state index in [0.29, 0.717) is 0 Å². The number of anilines is 3. The average Bonchev–Trinajstić information content (AvgIpc) is 4.00. The first-order valence-corrected chi connectivity index (χ1v) is 23.6. The Hall–Kier alpha value is -9.18. The Balaban J connectivity index is 0.887. The molecule has 2 heterocycles. The molecule has 0 aliphatic rings. The number of hydrogen-bond donors (Lipinski definition) is 0. The molecule has 3 heteroatoms. The molecule has 0 saturated carbocycles. The van der Waals surface area contributed by atoms with Crippen LogP contribution in [0.5, 0.6) is 0 Å². The molecular weight excluding hydrogens is 839 g/mol. The highest BCUT2D eigenvalue weighted by atomic mass is 16.3. The lowest BCUT2D eigenvalue weighted by atomic mass is 9.92. The van der Waals surface area contributed by atoms with E-state index >= 15 is 0 Å². The van der Waals surface area contributed by atoms with Crippen LogP contribution in [-0.2, 0) is 0 Å². The Morgan fingerprint density at radius 2 is 0.725 bits per heavy atom. The summed E-state index contributed by atoms with van der Waals surface area (Å²) in [5.74, 6) is 0. The lowest BCUT2D eigenvalue weighted by Crippen LogP contribution is -2.10. The highest BCUT2D eigenvalue weighted by Gasteiger charge is 2.20. The largest absolute Gasteiger partial charge is 0.455 e. The first-order chi connectivity index (χ1) is 34.2. The molecule has 12 aromatic carbocycles. The second-order valence-electron chi connectivity index (χ2n) is 18.0. The Labute approximate surface area is 398 Å². The minimum Gasteiger partial charge on any atom is -0.455 e. The summed E-state index contributed by atoms with van der Waals surface area (Å²) >= 11 is 0. The molecule has 14 rings (SSSR count). The standard InChI is InChI=1S/C66H41NO2/c1-4-19-52-45(14-1)39-48(54-25-13-27-60-58-23-8-10-29-64(58)69-66(54)60)40-61(52)43-32-36-50(37-33-43)67(62-41-47-15-2-3-18-51(47)55-20-5-6-21-56(55)62)49-34-30-42(31-35-49)44-16-11-17-46(38-44)53-24-12-26-59-57-22-7-9-28-63(57)68-65(53)59/h1-41H. The van der Waals surface area contributed by atoms with Crippen molar-refractivity contribution in [3.63, 3.8) is 0 Å². The lowest BCUT2D eigenvalue weighted by molar-refractivity contribution is 0.669. The molecule has 0 amide bonds. The molecule has 0 fully saturated rings. The van der Waals surface area contributed by atoms with Crippen molar-refractivity contribution >= 4 is 93.3 Å². The Morgan fingerprint density at radius 3 is 1.38 bits per heavy atom. The minimum absolute atomic E-state index is 0.900. The molecule has 322 valence electrons. The van der Waals surface area contributed by atoms with Crippen LogP contribution in [0.3, 0.4) is 0 Å². The summed E-state index contributed by atoms with van der Waals surface area (Å²) in [5, 5.41) is 11.8. The van der Waals surface area contributed by atoms with E-state index in [1.807, 2.05) is 18.2 Å². The normalized spacial score (nSPS) is 11.8. The van der Waals surface area contributed by atoms with Gasteiger partial charge in [0.15, 0.2) is 0 Å². The lowest BCUT2D eigenvalue weighted by Gasteiger charge is -2.28. The molecule has 69 heavy (non-hydrogen) atoms. The number of rotatable bonds is 7. The van der Waals surface area contributed by atoms with Crippen molar-refractivity contribution in [3.8, 4) is 44.5 Å². The number of furan rings is 2. The van der Waals surface area contributed by atoms with E-state index in [2.05, 4.69) is 235 Å². The zero-order valence-electron chi connectivity index (χ0n) is 37.4. The van der Waals surface area contributed by atoms with E-state index in [1.54, 1.807) is 0 Å². The fourth-order valence-electron chi connectivity index (χ4n) is 10.8. The smallest absolute Gasteiger partial charge is 0.143 e. The summed E-state index contributed by atoms with van der Waals surface area (Å²) in [5.41, 5.74) is 15.9. The third-order valence-corrected chi connectivity index (χ3v) is 14.0. The van der Waals surface area contributed by atoms with Gasteiger partial charge in [-0.1, -0.05) is 188 Å². The van der Waals surface area contributed by atoms with Crippen LogP contribution in [0, 0.1) is 0 Å². The summed E-state index contributed by atoms with van der Waals surface area (Å²) in [6.07, 6.45) is 0. The van der Waals surface area contributed by atoms with Crippen LogP contribution in [0.25, 0.3) is 121 Å². The summed E-state index contributed by atoms with van der Waals surface area (Å²) in [7, 11) is 0. The molecular formula is C66H41NO2. The van der Waals surface area contributed by atoms with Gasteiger partial charge in [-0.2, -0.15) is 0 Å². The van der Waals surface area contributed by atoms with E-state index in [0.717, 1.165) is 99.9 Å². The van der Waals surface area contributed by atoms with Gasteiger partial charge < -0.3 is 13.7 Å². The predicted molar refractivity (Wildman–Crippen MR) is 290 cm³/mol. The molecule has 14 aromatic rings. The Bertz CT molecular complexity index is 4310. The molecule has 0 spiro atoms. The number of fused-ring (bicyclic) bond motifs is 10. The van der Waals surface area contributed by atoms with Crippen molar-refractivity contribution in [3.05, 3.63) is 249 Å². The second-order valence-corrected chi connectivity index (χ2v) is 18.0. The first kappa shape index (κ1) is 39.0. The van der Waals surface area contributed by atoms with Crippen LogP contribution >= 0.6 is 0 Å². The van der Waals surface area contributed by atoms with Crippen LogP contribution < -0.4 is 4.90 Å². The van der Waals surface area contributed by atoms with Gasteiger partial charge in [0, 0.05) is 49.4 Å². The van der Waals surface area contributed by atoms with Crippen LogP contribution in [0.2, 0.25) is 0 Å². The summed E-state index contributed by atoms with van der Waals surface area (Å²) in [4.78, 5) is 2.41. The van der Waals surface area contributed by atoms with E-state index < -0.39 is 0 Å². The SMILES string of the molecule is c1cc(-c2ccc(N(c3ccc(-c4cc(-c5cccc6c5oc5ccccc56)cc5ccccc45)cc3)c3cc4ccccc4c4ccccc34)cc2)cc(-c2cccc3c2oc2ccccc23)c1. The minimum atomic E-state index is 0.900. The maximum atomic E-state index is 6.55. The molecule has 0 saturated heterocycles. The molecule has 0 N–H and O–H groups in total. The van der Waals surface area contributed by atoms with Gasteiger partial charge >= 0.3 is 0 Å². The summed E-state index contributed by atoms with van der Waals surface area (Å²) in [6.45, 7) is 0. The van der Waals surface area contributed by atoms with E-state index in [1.165, 1.54) is 37.9 Å². The van der Waals surface area contributed by atoms with Crippen molar-refractivity contribution in [1.29, 1.82) is 0 Å². The molecule has 3 nitrogen and oxygen atoms in total. The van der Waals surface area contributed by atoms with Crippen molar-refractivity contribution in [2.75, 3.05) is 4.90 Å². The zero-order chi connectivity index (χ0) is 45.4. The monoisotopic (exact) mass is 879 g/mol. The van der Waals surface area contributed by atoms with Gasteiger partial charge in [-0.3, -0.25) is 0 Å². The van der Waals surface area contributed by atoms with Crippen molar-refractivity contribution in [2.45, 2.75) is 0 Å². The summed E-state index contributed by atoms with van der Waals surface area (Å²) < 4.78 is 13.0. The van der Waals surface area contributed by atoms with Crippen molar-refractivity contribution in [1.82, 2.24) is 0 Å². The van der Waals surface area contributed by atoms with Crippen LogP contribution in [0.1, 0.15) is 0 Å². The summed E-state index contributed by atoms with van der Waals surface area (Å²) in [6, 6.07) is 89.6. The highest BCUT2D eigenvalue weighted by molar-refractivity contribution is 6.15. The fraction of sp³-hybridized carbons (Fsp3) is 0. The molecule has 0 unspecified atom stereocenters. The number of para-hydroxylation sites is 4. The average molecular weight is 880 g/mol. The van der Waals surface area contributed by atoms with Gasteiger partial charge in [-0.05, 0) is 121 Å². The maximum absolute atomic E-state index is 6.55. The molecule has 0 aliphatic carbocycles. The van der Waals surface area contributed by atoms with E-state index in [9.17, 15) is 0 Å². The Kier molecular flexibility index (Phi) is 8.90. The number of benzene rings is 12. The van der Waals surface area contributed by atoms with Gasteiger partial charge in [0.25, 0.3) is 0 Å². The van der Waals surface area contributed by atoms with Crippen LogP contribution in [-0.4, -0.2) is 0 Å². The van der Waals surface area contributed by atoms with Gasteiger partial charge in [0.05, 0.1) is 5.69 Å². The van der Waals surface area contributed by atoms with Crippen LogP contribution in [0.15, 0.2) is 258 Å². The number of nitrogens with zero attached hydrogens (tertiary/aromatic N) is 1. The third-order valence-electron chi connectivity index (χ3n) is 14.0. The molecule has 2 aromatic heterocycles. The van der Waals surface area contributed by atoms with E-state index in [-0.39, 0.29) is 0 Å². The highest BCUT2D eigenvalue weighted by Crippen LogP contribution is 2.45. The van der Waals surface area contributed by atoms with Gasteiger partial charge in [0.2, 0.25) is 0 Å². The zero-order valence-corrected chi connectivity index (χ0v) is 37.4. The maximum Gasteiger partial charge on any atom is 0.143 e. The van der Waals surface area contributed by atoms with Crippen molar-refractivity contribution < 1.29 is 8.83 Å². The quantitative estimate of drug-likeness (QED) is 0.149. The molecule has 0 bridgehead atoms. The predicted octanol–water partition coefficient (Wildman–Crippen LogP) is 19.1. The van der Waals surface area contributed by atoms with Gasteiger partial charge in [-0.15, -0.1) is 0 Å². The topological polar surface area (TPSA) is 29.5 Å². The molecule has 0 aliphatic heterocycles. The van der Waals surface area contributed by atoms with Gasteiger partial charge in [-0.25, -0.2) is 0 Å². The van der Waals surface area contributed by atoms with Gasteiger partial charge in [0.1, 0.15) is 22.3 Å². The number of hydrogen-bond acceptors (Lipinski definition) is 3. The van der Waals surface area contributed by atoms with Crippen LogP contribution in [0.4, 0.5) is 17.1 Å². The second kappa shape index (κ2) is 15.7. The van der Waals surface area contributed by atoms with Crippen molar-refractivity contribution in [2.24, 2.45) is 0 Å². The Morgan fingerprint density at radius 1 is 0.246 bits per heavy atom. The van der Waals surface area contributed by atoms with E-state index in [4.69, 9.17) is 8.83 Å². The first-order valence-electron chi connectivity index (χ1n) is 23.6.